The molecular weight excluding hydrogens is 669 g/mol. The predicted molar refractivity (Wildman–Crippen MR) is 232 cm³/mol. The van der Waals surface area contributed by atoms with Gasteiger partial charge in [-0.3, -0.25) is 0 Å². The largest absolute Gasteiger partial charge is 0.454 e. The van der Waals surface area contributed by atoms with Crippen LogP contribution in [0.1, 0.15) is 0 Å². The molecule has 0 saturated carbocycles. The van der Waals surface area contributed by atoms with E-state index in [9.17, 15) is 0 Å². The molecule has 258 valence electrons. The van der Waals surface area contributed by atoms with Crippen molar-refractivity contribution < 1.29 is 4.42 Å². The molecule has 11 rings (SSSR count). The van der Waals surface area contributed by atoms with Crippen LogP contribution in [0.3, 0.4) is 0 Å². The summed E-state index contributed by atoms with van der Waals surface area (Å²) in [6.45, 7) is 0. The Balaban J connectivity index is 1.16. The van der Waals surface area contributed by atoms with Crippen LogP contribution >= 0.6 is 0 Å². The van der Waals surface area contributed by atoms with E-state index < -0.39 is 0 Å². The van der Waals surface area contributed by atoms with Crippen molar-refractivity contribution in [3.63, 3.8) is 0 Å². The van der Waals surface area contributed by atoms with Crippen LogP contribution in [0.4, 0.5) is 34.1 Å². The minimum atomic E-state index is 0.872. The van der Waals surface area contributed by atoms with Gasteiger partial charge in [-0.15, -0.1) is 0 Å². The van der Waals surface area contributed by atoms with E-state index in [4.69, 9.17) is 4.42 Å². The maximum absolute atomic E-state index is 6.65. The molecule has 0 fully saturated rings. The van der Waals surface area contributed by atoms with Crippen LogP contribution in [-0.2, 0) is 0 Å². The van der Waals surface area contributed by atoms with Crippen molar-refractivity contribution in [2.24, 2.45) is 0 Å². The van der Waals surface area contributed by atoms with E-state index in [1.165, 1.54) is 43.4 Å². The van der Waals surface area contributed by atoms with E-state index >= 15 is 0 Å². The summed E-state index contributed by atoms with van der Waals surface area (Å²) < 4.78 is 6.65. The van der Waals surface area contributed by atoms with Crippen LogP contribution in [0.25, 0.3) is 65.4 Å². The number of anilines is 6. The maximum Gasteiger partial charge on any atom is 0.159 e. The van der Waals surface area contributed by atoms with Gasteiger partial charge in [-0.1, -0.05) is 146 Å². The minimum Gasteiger partial charge on any atom is -0.454 e. The highest BCUT2D eigenvalue weighted by atomic mass is 16.3. The lowest BCUT2D eigenvalue weighted by molar-refractivity contribution is 0.669. The zero-order valence-electron chi connectivity index (χ0n) is 29.9. The summed E-state index contributed by atoms with van der Waals surface area (Å²) in [4.78, 5) is 4.76. The Hall–Kier alpha value is -7.36. The zero-order chi connectivity index (χ0) is 36.3. The predicted octanol–water partition coefficient (Wildman–Crippen LogP) is 15.1. The molecule has 55 heavy (non-hydrogen) atoms. The molecule has 0 bridgehead atoms. The quantitative estimate of drug-likeness (QED) is 0.154. The molecule has 0 N–H and O–H groups in total. The molecule has 1 aromatic heterocycles. The summed E-state index contributed by atoms with van der Waals surface area (Å²) in [7, 11) is 0. The number of furan rings is 1. The number of benzene rings is 10. The maximum atomic E-state index is 6.65. The first-order chi connectivity index (χ1) is 27.3. The Kier molecular flexibility index (Phi) is 7.17. The van der Waals surface area contributed by atoms with Crippen LogP contribution in [0.15, 0.2) is 211 Å². The van der Waals surface area contributed by atoms with Crippen LogP contribution in [0.2, 0.25) is 0 Å². The third kappa shape index (κ3) is 5.05. The molecule has 3 nitrogen and oxygen atoms in total. The van der Waals surface area contributed by atoms with E-state index in [0.29, 0.717) is 0 Å². The molecule has 3 heteroatoms. The fraction of sp³-hybridized carbons (Fsp3) is 0. The average Bonchev–Trinajstić information content (AvgIpc) is 3.65. The Morgan fingerprint density at radius 2 is 0.818 bits per heavy atom. The third-order valence-corrected chi connectivity index (χ3v) is 11.0. The van der Waals surface area contributed by atoms with Gasteiger partial charge in [0.05, 0.1) is 17.1 Å². The number of fused-ring (bicyclic) bond motifs is 3. The molecule has 0 aliphatic heterocycles. The Morgan fingerprint density at radius 3 is 1.51 bits per heavy atom. The summed E-state index contributed by atoms with van der Waals surface area (Å²) in [5, 5.41) is 9.53. The number of rotatable bonds is 7. The van der Waals surface area contributed by atoms with Crippen molar-refractivity contribution in [2.75, 3.05) is 9.80 Å². The Morgan fingerprint density at radius 1 is 0.309 bits per heavy atom. The summed E-state index contributed by atoms with van der Waals surface area (Å²) in [6, 6.07) is 73.9. The van der Waals surface area contributed by atoms with Gasteiger partial charge in [-0.2, -0.15) is 0 Å². The van der Waals surface area contributed by atoms with Crippen molar-refractivity contribution in [1.29, 1.82) is 0 Å². The third-order valence-electron chi connectivity index (χ3n) is 11.0. The van der Waals surface area contributed by atoms with Crippen molar-refractivity contribution in [3.05, 3.63) is 206 Å². The van der Waals surface area contributed by atoms with Gasteiger partial charge in [-0.25, -0.2) is 0 Å². The second-order valence-electron chi connectivity index (χ2n) is 14.1. The van der Waals surface area contributed by atoms with Crippen molar-refractivity contribution in [2.45, 2.75) is 0 Å². The van der Waals surface area contributed by atoms with Gasteiger partial charge in [0.2, 0.25) is 0 Å². The molecule has 11 aromatic rings. The van der Waals surface area contributed by atoms with E-state index in [1.807, 2.05) is 6.07 Å². The highest BCUT2D eigenvalue weighted by Gasteiger charge is 2.24. The molecule has 0 amide bonds. The topological polar surface area (TPSA) is 19.6 Å². The molecule has 0 unspecified atom stereocenters. The highest BCUT2D eigenvalue weighted by molar-refractivity contribution is 6.28. The second kappa shape index (κ2) is 12.6. The molecule has 1 heterocycles. The van der Waals surface area contributed by atoms with E-state index in [-0.39, 0.29) is 0 Å². The van der Waals surface area contributed by atoms with Gasteiger partial charge in [0.1, 0.15) is 5.58 Å². The van der Waals surface area contributed by atoms with Gasteiger partial charge in [0.25, 0.3) is 0 Å². The monoisotopic (exact) mass is 702 g/mol. The molecule has 0 aliphatic carbocycles. The molecule has 0 atom stereocenters. The molecular formula is C52H34N2O. The van der Waals surface area contributed by atoms with Crippen LogP contribution < -0.4 is 9.80 Å². The zero-order valence-corrected chi connectivity index (χ0v) is 29.9. The lowest BCUT2D eigenvalue weighted by Crippen LogP contribution is -2.11. The second-order valence-corrected chi connectivity index (χ2v) is 14.1. The van der Waals surface area contributed by atoms with Crippen molar-refractivity contribution >= 4 is 88.4 Å². The van der Waals surface area contributed by atoms with Gasteiger partial charge in [-0.05, 0) is 93.3 Å². The van der Waals surface area contributed by atoms with Crippen LogP contribution in [0.5, 0.6) is 0 Å². The molecule has 0 radical (unpaired) electrons. The fourth-order valence-corrected chi connectivity index (χ4v) is 8.51. The smallest absolute Gasteiger partial charge is 0.159 e. The first-order valence-electron chi connectivity index (χ1n) is 18.8. The normalized spacial score (nSPS) is 11.6. The van der Waals surface area contributed by atoms with E-state index in [1.54, 1.807) is 0 Å². The Labute approximate surface area is 318 Å². The summed E-state index contributed by atoms with van der Waals surface area (Å²) in [5.41, 5.74) is 10.7. The molecule has 10 aromatic carbocycles. The number of hydrogen-bond acceptors (Lipinski definition) is 3. The molecule has 0 saturated heterocycles. The van der Waals surface area contributed by atoms with Gasteiger partial charge in [0, 0.05) is 38.6 Å². The minimum absolute atomic E-state index is 0.872. The van der Waals surface area contributed by atoms with Crippen LogP contribution in [0, 0.1) is 0 Å². The first-order valence-corrected chi connectivity index (χ1v) is 18.8. The number of para-hydroxylation sites is 4. The van der Waals surface area contributed by atoms with E-state index in [2.05, 4.69) is 210 Å². The number of hydrogen-bond donors (Lipinski definition) is 0. The summed E-state index contributed by atoms with van der Waals surface area (Å²) in [5.74, 6) is 0. The summed E-state index contributed by atoms with van der Waals surface area (Å²) in [6.07, 6.45) is 0. The lowest BCUT2D eigenvalue weighted by atomic mass is 9.91. The average molecular weight is 703 g/mol. The fourth-order valence-electron chi connectivity index (χ4n) is 8.51. The van der Waals surface area contributed by atoms with Gasteiger partial charge < -0.3 is 14.2 Å². The highest BCUT2D eigenvalue weighted by Crippen LogP contribution is 2.49. The van der Waals surface area contributed by atoms with Gasteiger partial charge >= 0.3 is 0 Å². The SMILES string of the molecule is c1ccc(-c2cccc(N(c3ccccc3)c3ccc4ccc5c(N(c6ccccc6)c6cccc7c6oc6ccccc67)ccc6ccc3c4c65)c2)cc1. The van der Waals surface area contributed by atoms with Crippen molar-refractivity contribution in [3.8, 4) is 11.1 Å². The van der Waals surface area contributed by atoms with Crippen molar-refractivity contribution in [1.82, 2.24) is 0 Å². The summed E-state index contributed by atoms with van der Waals surface area (Å²) >= 11 is 0. The lowest BCUT2D eigenvalue weighted by Gasteiger charge is -2.29. The number of nitrogens with zero attached hydrogens (tertiary/aromatic N) is 2. The Bertz CT molecular complexity index is 3150. The molecule has 0 aliphatic rings. The van der Waals surface area contributed by atoms with Gasteiger partial charge in [0.15, 0.2) is 5.58 Å². The standard InChI is InChI=1S/C52H34N2O/c1-4-14-35(15-5-1)38-16-12-21-41(34-38)53(39-17-6-2-7-18-39)46-32-28-36-27-31-45-47(33-29-37-26-30-44(46)50(36)51(37)45)54(40-19-8-3-9-20-40)48-24-13-23-43-42-22-10-11-25-49(42)55-52(43)48/h1-34H. The van der Waals surface area contributed by atoms with E-state index in [0.717, 1.165) is 56.1 Å². The first kappa shape index (κ1) is 31.2. The molecule has 0 spiro atoms. The van der Waals surface area contributed by atoms with Crippen LogP contribution in [-0.4, -0.2) is 0 Å².